The number of hydrogen-bond acceptors (Lipinski definition) is 2. The van der Waals surface area contributed by atoms with E-state index in [1.807, 2.05) is 6.08 Å². The van der Waals surface area contributed by atoms with Gasteiger partial charge in [-0.15, -0.1) is 0 Å². The van der Waals surface area contributed by atoms with Crippen molar-refractivity contribution in [2.24, 2.45) is 46.3 Å². The quantitative estimate of drug-likeness (QED) is 0.705. The first-order valence-corrected chi connectivity index (χ1v) is 10.9. The summed E-state index contributed by atoms with van der Waals surface area (Å²) in [6.07, 6.45) is 12.3. The van der Waals surface area contributed by atoms with Gasteiger partial charge in [-0.1, -0.05) is 46.3 Å². The molecule has 0 aromatic carbocycles. The molecule has 4 aliphatic rings. The molecule has 4 aliphatic carbocycles. The summed E-state index contributed by atoms with van der Waals surface area (Å²) in [4.78, 5) is 0. The lowest BCUT2D eigenvalue weighted by atomic mass is 9.44. The van der Waals surface area contributed by atoms with Gasteiger partial charge in [-0.2, -0.15) is 0 Å². The van der Waals surface area contributed by atoms with Crippen LogP contribution in [-0.2, 0) is 0 Å². The third kappa shape index (κ3) is 2.42. The van der Waals surface area contributed by atoms with E-state index in [-0.39, 0.29) is 23.0 Å². The average Bonchev–Trinajstić information content (AvgIpc) is 2.95. The Kier molecular flexibility index (Phi) is 4.40. The van der Waals surface area contributed by atoms with Gasteiger partial charge in [-0.3, -0.25) is 0 Å². The summed E-state index contributed by atoms with van der Waals surface area (Å²) in [5.41, 5.74) is 0.302. The van der Waals surface area contributed by atoms with Crippen LogP contribution < -0.4 is 0 Å². The van der Waals surface area contributed by atoms with Gasteiger partial charge in [0, 0.05) is 0 Å². The van der Waals surface area contributed by atoms with Crippen LogP contribution in [0.15, 0.2) is 12.2 Å². The number of rotatable bonds is 2. The van der Waals surface area contributed by atoms with Gasteiger partial charge in [-0.25, -0.2) is 0 Å². The van der Waals surface area contributed by atoms with E-state index in [9.17, 15) is 10.2 Å². The Bertz CT molecular complexity index is 542. The van der Waals surface area contributed by atoms with Crippen molar-refractivity contribution in [3.8, 4) is 0 Å². The lowest BCUT2D eigenvalue weighted by Gasteiger charge is -2.61. The highest BCUT2D eigenvalue weighted by Crippen LogP contribution is 2.67. The third-order valence-corrected chi connectivity index (χ3v) is 9.68. The van der Waals surface area contributed by atoms with Gasteiger partial charge in [0.2, 0.25) is 0 Å². The Morgan fingerprint density at radius 1 is 1.04 bits per heavy atom. The van der Waals surface area contributed by atoms with Crippen LogP contribution in [0, 0.1) is 46.3 Å². The first-order chi connectivity index (χ1) is 11.8. The molecule has 0 bridgehead atoms. The van der Waals surface area contributed by atoms with Crippen molar-refractivity contribution < 1.29 is 10.2 Å². The van der Waals surface area contributed by atoms with Gasteiger partial charge in [0.1, 0.15) is 0 Å². The van der Waals surface area contributed by atoms with Crippen molar-refractivity contribution >= 4 is 0 Å². The average molecular weight is 347 g/mol. The number of aliphatic hydroxyl groups excluding tert-OH is 2. The zero-order chi connectivity index (χ0) is 18.0. The van der Waals surface area contributed by atoms with Crippen LogP contribution in [0.2, 0.25) is 0 Å². The smallest absolute Gasteiger partial charge is 0.0724 e. The summed E-state index contributed by atoms with van der Waals surface area (Å²) in [6, 6.07) is 0. The molecule has 2 nitrogen and oxygen atoms in total. The zero-order valence-corrected chi connectivity index (χ0v) is 16.6. The molecule has 0 aliphatic heterocycles. The minimum absolute atomic E-state index is 0.123. The topological polar surface area (TPSA) is 40.5 Å². The van der Waals surface area contributed by atoms with Crippen LogP contribution >= 0.6 is 0 Å². The van der Waals surface area contributed by atoms with Gasteiger partial charge in [0.15, 0.2) is 0 Å². The lowest BCUT2D eigenvalue weighted by Crippen LogP contribution is -2.58. The lowest BCUT2D eigenvalue weighted by molar-refractivity contribution is -0.154. The molecule has 25 heavy (non-hydrogen) atoms. The summed E-state index contributed by atoms with van der Waals surface area (Å²) in [5, 5.41) is 21.5. The van der Waals surface area contributed by atoms with E-state index in [0.29, 0.717) is 23.7 Å². The molecule has 0 unspecified atom stereocenters. The van der Waals surface area contributed by atoms with Gasteiger partial charge in [-0.05, 0) is 84.9 Å². The summed E-state index contributed by atoms with van der Waals surface area (Å²) in [7, 11) is 0. The third-order valence-electron chi connectivity index (χ3n) is 9.68. The predicted molar refractivity (Wildman–Crippen MR) is 102 cm³/mol. The molecule has 0 radical (unpaired) electrons. The number of hydrogen-bond donors (Lipinski definition) is 2. The minimum atomic E-state index is -0.255. The van der Waals surface area contributed by atoms with Crippen molar-refractivity contribution in [2.75, 3.05) is 0 Å². The first kappa shape index (κ1) is 18.0. The SMILES string of the molecule is CC[C@@H](C)[C@H]1CC[C@H]2[C@@H]3CC[C@@H]4C[C@H](O)C=C[C@]4(C)[C@H]3C[C@H](O)[C@]12C. The Morgan fingerprint density at radius 2 is 1.80 bits per heavy atom. The van der Waals surface area contributed by atoms with Crippen LogP contribution in [0.4, 0.5) is 0 Å². The van der Waals surface area contributed by atoms with E-state index in [0.717, 1.165) is 24.7 Å². The molecular formula is C23H38O2. The monoisotopic (exact) mass is 346 g/mol. The first-order valence-electron chi connectivity index (χ1n) is 10.9. The van der Waals surface area contributed by atoms with E-state index in [1.165, 1.54) is 32.1 Å². The molecule has 3 fully saturated rings. The maximum absolute atomic E-state index is 11.4. The van der Waals surface area contributed by atoms with Crippen molar-refractivity contribution in [1.29, 1.82) is 0 Å². The molecule has 0 saturated heterocycles. The van der Waals surface area contributed by atoms with Crippen LogP contribution in [0.3, 0.4) is 0 Å². The van der Waals surface area contributed by atoms with Crippen LogP contribution in [0.25, 0.3) is 0 Å². The van der Waals surface area contributed by atoms with E-state index < -0.39 is 0 Å². The van der Waals surface area contributed by atoms with Gasteiger partial charge >= 0.3 is 0 Å². The Labute approximate surface area is 154 Å². The predicted octanol–water partition coefficient (Wildman–Crippen LogP) is 4.80. The Hall–Kier alpha value is -0.340. The normalized spacial score (nSPS) is 56.0. The van der Waals surface area contributed by atoms with Crippen molar-refractivity contribution in [1.82, 2.24) is 0 Å². The molecule has 0 aromatic heterocycles. The second-order valence-corrected chi connectivity index (χ2v) is 10.4. The molecule has 142 valence electrons. The second kappa shape index (κ2) is 6.09. The highest BCUT2D eigenvalue weighted by molar-refractivity contribution is 5.18. The highest BCUT2D eigenvalue weighted by atomic mass is 16.3. The molecule has 0 amide bonds. The van der Waals surface area contributed by atoms with Crippen LogP contribution in [0.5, 0.6) is 0 Å². The van der Waals surface area contributed by atoms with E-state index in [2.05, 4.69) is 33.8 Å². The highest BCUT2D eigenvalue weighted by Gasteiger charge is 2.63. The molecule has 2 heteroatoms. The maximum Gasteiger partial charge on any atom is 0.0724 e. The molecule has 0 aromatic rings. The van der Waals surface area contributed by atoms with Crippen LogP contribution in [-0.4, -0.2) is 22.4 Å². The van der Waals surface area contributed by atoms with E-state index in [1.54, 1.807) is 0 Å². The molecule has 0 heterocycles. The van der Waals surface area contributed by atoms with Crippen LogP contribution in [0.1, 0.15) is 72.6 Å². The van der Waals surface area contributed by atoms with Crippen molar-refractivity contribution in [3.63, 3.8) is 0 Å². The van der Waals surface area contributed by atoms with Gasteiger partial charge in [0.25, 0.3) is 0 Å². The fraction of sp³-hybridized carbons (Fsp3) is 0.913. The number of aliphatic hydroxyl groups is 2. The summed E-state index contributed by atoms with van der Waals surface area (Å²) >= 11 is 0. The zero-order valence-electron chi connectivity index (χ0n) is 16.6. The second-order valence-electron chi connectivity index (χ2n) is 10.4. The van der Waals surface area contributed by atoms with E-state index in [4.69, 9.17) is 0 Å². The number of allylic oxidation sites excluding steroid dienone is 1. The fourth-order valence-corrected chi connectivity index (χ4v) is 8.00. The van der Waals surface area contributed by atoms with E-state index >= 15 is 0 Å². The summed E-state index contributed by atoms with van der Waals surface area (Å²) in [5.74, 6) is 4.06. The molecule has 2 N–H and O–H groups in total. The standard InChI is InChI=1S/C23H38O2/c1-5-14(2)18-8-9-19-17-7-6-15-12-16(24)10-11-22(15,3)20(17)13-21(25)23(18,19)4/h10-11,14-21,24-25H,5-9,12-13H2,1-4H3/t14-,15-,16-,17+,18-,19+,20+,21+,22+,23-/m1/s1. The largest absolute Gasteiger partial charge is 0.393 e. The fourth-order valence-electron chi connectivity index (χ4n) is 8.00. The molecular weight excluding hydrogens is 308 g/mol. The van der Waals surface area contributed by atoms with Gasteiger partial charge < -0.3 is 10.2 Å². The van der Waals surface area contributed by atoms with Crippen molar-refractivity contribution in [2.45, 2.75) is 84.8 Å². The molecule has 3 saturated carbocycles. The van der Waals surface area contributed by atoms with Gasteiger partial charge in [0.05, 0.1) is 12.2 Å². The number of fused-ring (bicyclic) bond motifs is 5. The maximum atomic E-state index is 11.4. The molecule has 4 rings (SSSR count). The molecule has 10 atom stereocenters. The Balaban J connectivity index is 1.67. The minimum Gasteiger partial charge on any atom is -0.393 e. The summed E-state index contributed by atoms with van der Waals surface area (Å²) < 4.78 is 0. The Morgan fingerprint density at radius 3 is 2.52 bits per heavy atom. The van der Waals surface area contributed by atoms with Crippen molar-refractivity contribution in [3.05, 3.63) is 12.2 Å². The summed E-state index contributed by atoms with van der Waals surface area (Å²) in [6.45, 7) is 9.56. The molecule has 0 spiro atoms.